The largest absolute Gasteiger partial charge is 0.463 e. The number of nitrogens with one attached hydrogen (secondary N) is 1. The second-order valence-corrected chi connectivity index (χ2v) is 8.63. The van der Waals surface area contributed by atoms with Gasteiger partial charge in [-0.15, -0.1) is 0 Å². The van der Waals surface area contributed by atoms with Crippen molar-refractivity contribution in [3.8, 4) is 0 Å². The number of carbonyl (C=O) groups is 2. The van der Waals surface area contributed by atoms with Gasteiger partial charge in [0.25, 0.3) is 0 Å². The van der Waals surface area contributed by atoms with Crippen molar-refractivity contribution in [1.29, 1.82) is 0 Å². The van der Waals surface area contributed by atoms with Gasteiger partial charge in [0, 0.05) is 19.7 Å². The molecule has 0 aliphatic carbocycles. The van der Waals surface area contributed by atoms with E-state index in [0.717, 1.165) is 41.2 Å². The van der Waals surface area contributed by atoms with Gasteiger partial charge in [0.05, 0.1) is 25.0 Å². The zero-order chi connectivity index (χ0) is 26.2. The third-order valence-electron chi connectivity index (χ3n) is 5.49. The van der Waals surface area contributed by atoms with Crippen LogP contribution in [0, 0.1) is 6.92 Å². The molecule has 0 bridgehead atoms. The van der Waals surface area contributed by atoms with E-state index in [2.05, 4.69) is 0 Å². The van der Waals surface area contributed by atoms with Crippen LogP contribution in [-0.4, -0.2) is 50.0 Å². The molecule has 11 heteroatoms. The summed E-state index contributed by atoms with van der Waals surface area (Å²) in [4.78, 5) is 63.1. The number of aliphatic hydroxyl groups is 1. The predicted molar refractivity (Wildman–Crippen MR) is 129 cm³/mol. The molecule has 0 amide bonds. The summed E-state index contributed by atoms with van der Waals surface area (Å²) < 4.78 is 12.1. The minimum absolute atomic E-state index is 0.121. The lowest BCUT2D eigenvalue weighted by molar-refractivity contribution is -0.149. The third-order valence-corrected chi connectivity index (χ3v) is 5.49. The summed E-state index contributed by atoms with van der Waals surface area (Å²) in [5, 5.41) is 8.79. The summed E-state index contributed by atoms with van der Waals surface area (Å²) in [5.74, 6) is -1.13. The van der Waals surface area contributed by atoms with Gasteiger partial charge in [0.1, 0.15) is 0 Å². The lowest BCUT2D eigenvalue weighted by Crippen LogP contribution is -2.50. The highest BCUT2D eigenvalue weighted by Gasteiger charge is 2.16. The fraction of sp³-hybridized carbons (Fsp3) is 0.750. The van der Waals surface area contributed by atoms with Crippen molar-refractivity contribution < 1.29 is 24.2 Å². The number of aromatic amines is 1. The number of hydrogen-bond donors (Lipinski definition) is 2. The average Bonchev–Trinajstić information content (AvgIpc) is 2.79. The molecule has 35 heavy (non-hydrogen) atoms. The van der Waals surface area contributed by atoms with Crippen LogP contribution in [0.4, 0.5) is 0 Å². The first kappa shape index (κ1) is 30.3. The van der Waals surface area contributed by atoms with Crippen LogP contribution in [-0.2, 0) is 32.2 Å². The minimum Gasteiger partial charge on any atom is -0.463 e. The minimum atomic E-state index is -0.935. The Balaban J connectivity index is 2.62. The molecule has 2 N–H and O–H groups in total. The summed E-state index contributed by atoms with van der Waals surface area (Å²) in [6.45, 7) is 8.56. The van der Waals surface area contributed by atoms with Gasteiger partial charge < -0.3 is 14.6 Å². The summed E-state index contributed by atoms with van der Waals surface area (Å²) in [6.07, 6.45) is 5.91. The number of aliphatic hydroxyl groups excluding tert-OH is 1. The molecule has 0 saturated heterocycles. The number of carbonyl (C=O) groups excluding carboxylic acids is 2. The molecule has 0 saturated carbocycles. The molecule has 1 aromatic heterocycles. The first-order chi connectivity index (χ1) is 16.7. The van der Waals surface area contributed by atoms with Crippen LogP contribution in [0.1, 0.15) is 84.5 Å². The van der Waals surface area contributed by atoms with Crippen LogP contribution in [0.25, 0.3) is 0 Å². The van der Waals surface area contributed by atoms with E-state index in [1.54, 1.807) is 13.8 Å². The van der Waals surface area contributed by atoms with Crippen molar-refractivity contribution in [2.75, 3.05) is 6.61 Å². The lowest BCUT2D eigenvalue weighted by atomic mass is 10.1. The third kappa shape index (κ3) is 12.0. The molecule has 198 valence electrons. The van der Waals surface area contributed by atoms with Gasteiger partial charge >= 0.3 is 29.0 Å². The molecule has 11 nitrogen and oxygen atoms in total. The molecule has 2 radical (unpaired) electrons. The van der Waals surface area contributed by atoms with Crippen LogP contribution in [0.5, 0.6) is 0 Å². The summed E-state index contributed by atoms with van der Waals surface area (Å²) in [7, 11) is 0. The van der Waals surface area contributed by atoms with Crippen molar-refractivity contribution in [1.82, 2.24) is 14.1 Å². The summed E-state index contributed by atoms with van der Waals surface area (Å²) in [5.41, 5.74) is -2.78. The Morgan fingerprint density at radius 3 is 1.71 bits per heavy atom. The van der Waals surface area contributed by atoms with Crippen LogP contribution in [0.3, 0.4) is 0 Å². The van der Waals surface area contributed by atoms with E-state index in [1.807, 2.05) is 4.98 Å². The first-order valence-corrected chi connectivity index (χ1v) is 12.3. The number of nitrogens with zero attached hydrogens (tertiary/aromatic N) is 2. The maximum atomic E-state index is 12.7. The fourth-order valence-electron chi connectivity index (χ4n) is 3.50. The van der Waals surface area contributed by atoms with Crippen molar-refractivity contribution >= 4 is 11.9 Å². The molecule has 0 aliphatic rings. The molecule has 0 spiro atoms. The van der Waals surface area contributed by atoms with Crippen molar-refractivity contribution in [3.05, 3.63) is 38.4 Å². The zero-order valence-corrected chi connectivity index (χ0v) is 20.8. The second-order valence-electron chi connectivity index (χ2n) is 8.63. The molecule has 0 aliphatic heterocycles. The Morgan fingerprint density at radius 2 is 1.29 bits per heavy atom. The molecule has 0 aromatic carbocycles. The van der Waals surface area contributed by atoms with E-state index in [1.165, 1.54) is 0 Å². The van der Waals surface area contributed by atoms with E-state index in [0.29, 0.717) is 25.7 Å². The summed E-state index contributed by atoms with van der Waals surface area (Å²) >= 11 is 0. The molecule has 0 fully saturated rings. The monoisotopic (exact) mass is 497 g/mol. The van der Waals surface area contributed by atoms with Gasteiger partial charge in [-0.25, -0.2) is 23.5 Å². The Bertz CT molecular complexity index is 878. The normalized spacial score (nSPS) is 12.8. The van der Waals surface area contributed by atoms with Crippen LogP contribution in [0.15, 0.2) is 14.4 Å². The number of hydrogen-bond acceptors (Lipinski definition) is 8. The summed E-state index contributed by atoms with van der Waals surface area (Å²) in [6, 6.07) is 0. The number of ether oxygens (including phenoxy) is 2. The van der Waals surface area contributed by atoms with Crippen molar-refractivity contribution in [2.24, 2.45) is 0 Å². The van der Waals surface area contributed by atoms with Crippen molar-refractivity contribution in [2.45, 2.75) is 110 Å². The molecule has 2 atom stereocenters. The molecular weight excluding hydrogens is 458 g/mol. The Morgan fingerprint density at radius 1 is 0.829 bits per heavy atom. The van der Waals surface area contributed by atoms with E-state index in [4.69, 9.17) is 21.5 Å². The molecule has 1 heterocycles. The number of esters is 2. The average molecular weight is 498 g/mol. The van der Waals surface area contributed by atoms with Crippen molar-refractivity contribution in [3.63, 3.8) is 0 Å². The SMILES string of the molecule is [CH]CCCCCC(C)OC(=O)CCn1c(=O)[nH]c(=O)n(CCC(=O)OC(C)CCCCCO)c1=O. The first-order valence-electron chi connectivity index (χ1n) is 12.3. The van der Waals surface area contributed by atoms with Gasteiger partial charge in [-0.3, -0.25) is 14.6 Å². The zero-order valence-electron chi connectivity index (χ0n) is 20.8. The van der Waals surface area contributed by atoms with Gasteiger partial charge in [-0.2, -0.15) is 0 Å². The Labute approximate surface area is 205 Å². The van der Waals surface area contributed by atoms with E-state index >= 15 is 0 Å². The molecule has 1 aromatic rings. The van der Waals surface area contributed by atoms with Gasteiger partial charge in [-0.1, -0.05) is 19.3 Å². The standard InChI is InChI=1S/C24H39N3O8/c1-4-5-6-8-11-18(2)34-20(29)13-15-26-22(31)25-23(32)27(24(26)33)16-14-21(30)35-19(3)12-9-7-10-17-28/h1,18-19,28H,4-17H2,2-3H3,(H,25,31,32). The van der Waals surface area contributed by atoms with Crippen LogP contribution < -0.4 is 17.1 Å². The molecular formula is C24H39N3O8. The van der Waals surface area contributed by atoms with Crippen LogP contribution in [0.2, 0.25) is 0 Å². The van der Waals surface area contributed by atoms with E-state index in [9.17, 15) is 24.0 Å². The topological polar surface area (TPSA) is 150 Å². The number of rotatable bonds is 18. The van der Waals surface area contributed by atoms with Gasteiger partial charge in [-0.05, 0) is 59.3 Å². The number of H-pyrrole nitrogens is 1. The molecule has 2 unspecified atom stereocenters. The fourth-order valence-corrected chi connectivity index (χ4v) is 3.50. The highest BCUT2D eigenvalue weighted by atomic mass is 16.5. The maximum absolute atomic E-state index is 12.7. The quantitative estimate of drug-likeness (QED) is 0.229. The number of unbranched alkanes of at least 4 members (excludes halogenated alkanes) is 5. The second kappa shape index (κ2) is 16.9. The predicted octanol–water partition coefficient (Wildman–Crippen LogP) is 1.56. The van der Waals surface area contributed by atoms with Gasteiger partial charge in [0.15, 0.2) is 0 Å². The number of aromatic nitrogens is 3. The van der Waals surface area contributed by atoms with E-state index in [-0.39, 0.29) is 44.7 Å². The Kier molecular flexibility index (Phi) is 14.6. The maximum Gasteiger partial charge on any atom is 0.336 e. The highest BCUT2D eigenvalue weighted by molar-refractivity contribution is 5.69. The highest BCUT2D eigenvalue weighted by Crippen LogP contribution is 2.09. The lowest BCUT2D eigenvalue weighted by Gasteiger charge is -2.14. The molecule has 1 rings (SSSR count). The smallest absolute Gasteiger partial charge is 0.336 e. The Hall–Kier alpha value is -2.69. The van der Waals surface area contributed by atoms with Gasteiger partial charge in [0.2, 0.25) is 0 Å². The van der Waals surface area contributed by atoms with Crippen LogP contribution >= 0.6 is 0 Å². The van der Waals surface area contributed by atoms with E-state index < -0.39 is 29.0 Å².